The lowest BCUT2D eigenvalue weighted by atomic mass is 9.92. The smallest absolute Gasteiger partial charge is 0.0742 e. The molecule has 0 aromatic rings. The molecule has 0 aromatic heterocycles. The molecule has 0 radical (unpaired) electrons. The van der Waals surface area contributed by atoms with Crippen LogP contribution in [-0.4, -0.2) is 84.6 Å². The van der Waals surface area contributed by atoms with Gasteiger partial charge in [0, 0.05) is 50.3 Å². The van der Waals surface area contributed by atoms with Crippen LogP contribution in [0, 0.1) is 0 Å². The van der Waals surface area contributed by atoms with Crippen molar-refractivity contribution in [1.82, 2.24) is 31.1 Å². The van der Waals surface area contributed by atoms with Gasteiger partial charge in [-0.15, -0.1) is 0 Å². The van der Waals surface area contributed by atoms with Gasteiger partial charge in [-0.25, -0.2) is 0 Å². The minimum absolute atomic E-state index is 0.280. The first kappa shape index (κ1) is 22.4. The van der Waals surface area contributed by atoms with Gasteiger partial charge in [0.05, 0.1) is 11.3 Å². The predicted octanol–water partition coefficient (Wildman–Crippen LogP) is 1.54. The monoisotopic (exact) mass is 394 g/mol. The summed E-state index contributed by atoms with van der Waals surface area (Å²) in [6.45, 7) is 23.2. The molecular weight excluding hydrogens is 348 g/mol. The summed E-state index contributed by atoms with van der Waals surface area (Å²) in [6, 6.07) is 0. The molecule has 4 N–H and O–H groups in total. The number of nitrogens with one attached hydrogen (secondary N) is 4. The molecule has 0 aromatic carbocycles. The highest BCUT2D eigenvalue weighted by molar-refractivity contribution is 5.01. The van der Waals surface area contributed by atoms with E-state index in [1.165, 1.54) is 45.3 Å². The van der Waals surface area contributed by atoms with Crippen LogP contribution in [0.15, 0.2) is 0 Å². The van der Waals surface area contributed by atoms with Gasteiger partial charge in [0.1, 0.15) is 0 Å². The zero-order chi connectivity index (χ0) is 20.5. The average Bonchev–Trinajstić information content (AvgIpc) is 3.23. The van der Waals surface area contributed by atoms with Crippen LogP contribution < -0.4 is 21.3 Å². The van der Waals surface area contributed by atoms with Gasteiger partial charge in [0.25, 0.3) is 0 Å². The Labute approximate surface area is 173 Å². The molecule has 0 amide bonds. The molecule has 4 heterocycles. The Bertz CT molecular complexity index is 484. The highest BCUT2D eigenvalue weighted by atomic mass is 15.4. The first-order valence-corrected chi connectivity index (χ1v) is 11.6. The predicted molar refractivity (Wildman–Crippen MR) is 119 cm³/mol. The molecule has 164 valence electrons. The summed E-state index contributed by atoms with van der Waals surface area (Å²) in [5, 5.41) is 14.4. The van der Waals surface area contributed by atoms with E-state index < -0.39 is 0 Å². The fraction of sp³-hybridized carbons (Fsp3) is 1.00. The van der Waals surface area contributed by atoms with E-state index in [0.717, 1.165) is 32.7 Å². The summed E-state index contributed by atoms with van der Waals surface area (Å²) in [5.41, 5.74) is 1.20. The average molecular weight is 395 g/mol. The number of nitrogens with zero attached hydrogens (tertiary/aromatic N) is 2. The van der Waals surface area contributed by atoms with E-state index in [9.17, 15) is 0 Å². The van der Waals surface area contributed by atoms with E-state index in [-0.39, 0.29) is 5.66 Å². The molecule has 6 nitrogen and oxygen atoms in total. The Morgan fingerprint density at radius 1 is 0.607 bits per heavy atom. The second-order valence-electron chi connectivity index (χ2n) is 11.1. The Balaban J connectivity index is 0.000000161. The molecule has 0 aliphatic carbocycles. The third-order valence-electron chi connectivity index (χ3n) is 7.16. The Morgan fingerprint density at radius 3 is 1.68 bits per heavy atom. The van der Waals surface area contributed by atoms with Crippen molar-refractivity contribution in [2.45, 2.75) is 89.6 Å². The van der Waals surface area contributed by atoms with Gasteiger partial charge in [-0.3, -0.25) is 25.8 Å². The van der Waals surface area contributed by atoms with E-state index in [1.807, 2.05) is 0 Å². The highest BCUT2D eigenvalue weighted by Gasteiger charge is 2.45. The molecule has 0 bridgehead atoms. The second-order valence-corrected chi connectivity index (χ2v) is 11.1. The van der Waals surface area contributed by atoms with E-state index in [4.69, 9.17) is 0 Å². The molecule has 0 atom stereocenters. The molecule has 4 aliphatic heterocycles. The molecule has 0 saturated carbocycles. The van der Waals surface area contributed by atoms with Crippen molar-refractivity contribution >= 4 is 0 Å². The van der Waals surface area contributed by atoms with Gasteiger partial charge in [-0.1, -0.05) is 0 Å². The summed E-state index contributed by atoms with van der Waals surface area (Å²) in [6.07, 6.45) is 4.96. The van der Waals surface area contributed by atoms with Crippen molar-refractivity contribution in [3.8, 4) is 0 Å². The van der Waals surface area contributed by atoms with Crippen molar-refractivity contribution in [1.29, 1.82) is 0 Å². The Morgan fingerprint density at radius 2 is 1.18 bits per heavy atom. The lowest BCUT2D eigenvalue weighted by molar-refractivity contribution is 0.00904. The minimum Gasteiger partial charge on any atom is -0.316 e. The molecule has 2 spiro atoms. The second kappa shape index (κ2) is 8.48. The van der Waals surface area contributed by atoms with Gasteiger partial charge in [0.2, 0.25) is 0 Å². The van der Waals surface area contributed by atoms with E-state index in [1.54, 1.807) is 0 Å². The van der Waals surface area contributed by atoms with Crippen LogP contribution in [0.4, 0.5) is 0 Å². The summed E-state index contributed by atoms with van der Waals surface area (Å²) in [4.78, 5) is 5.24. The topological polar surface area (TPSA) is 54.6 Å². The van der Waals surface area contributed by atoms with Crippen molar-refractivity contribution in [2.24, 2.45) is 0 Å². The Kier molecular flexibility index (Phi) is 6.80. The van der Waals surface area contributed by atoms with Gasteiger partial charge in [-0.2, -0.15) is 0 Å². The van der Waals surface area contributed by atoms with Crippen molar-refractivity contribution in [2.75, 3.05) is 52.4 Å². The van der Waals surface area contributed by atoms with Gasteiger partial charge >= 0.3 is 0 Å². The van der Waals surface area contributed by atoms with Crippen molar-refractivity contribution in [3.63, 3.8) is 0 Å². The molecule has 4 rings (SSSR count). The summed E-state index contributed by atoms with van der Waals surface area (Å²) in [7, 11) is 0. The molecule has 4 saturated heterocycles. The summed E-state index contributed by atoms with van der Waals surface area (Å²) >= 11 is 0. The van der Waals surface area contributed by atoms with Crippen LogP contribution >= 0.6 is 0 Å². The standard InChI is InChI=1S/2C11H23N3/c1-10(2,3)14-8-4-11(5-9-14)12-6-7-13-11;1-10(2,3)14-9-8-13-11(14)4-6-12-7-5-11/h2*12-13H,4-9H2,1-3H3. The molecule has 28 heavy (non-hydrogen) atoms. The maximum Gasteiger partial charge on any atom is 0.0742 e. The molecule has 4 aliphatic rings. The normalized spacial score (nSPS) is 28.5. The van der Waals surface area contributed by atoms with Crippen LogP contribution in [-0.2, 0) is 0 Å². The number of hydrogen-bond acceptors (Lipinski definition) is 6. The molecule has 4 fully saturated rings. The van der Waals surface area contributed by atoms with E-state index in [2.05, 4.69) is 72.6 Å². The molecular formula is C22H46N6. The first-order valence-electron chi connectivity index (χ1n) is 11.6. The van der Waals surface area contributed by atoms with Crippen LogP contribution in [0.5, 0.6) is 0 Å². The number of hydrogen-bond donors (Lipinski definition) is 4. The van der Waals surface area contributed by atoms with E-state index >= 15 is 0 Å². The molecule has 6 heteroatoms. The number of rotatable bonds is 0. The third-order valence-corrected chi connectivity index (χ3v) is 7.16. The SMILES string of the molecule is CC(C)(C)N1CCC2(CC1)NCCN2.CC(C)(C)N1CCNC12CCNCC2. The van der Waals surface area contributed by atoms with Crippen LogP contribution in [0.1, 0.15) is 67.2 Å². The van der Waals surface area contributed by atoms with Gasteiger partial charge in [-0.05, 0) is 80.3 Å². The maximum absolute atomic E-state index is 3.71. The van der Waals surface area contributed by atoms with Crippen LogP contribution in [0.2, 0.25) is 0 Å². The van der Waals surface area contributed by atoms with Crippen LogP contribution in [0.25, 0.3) is 0 Å². The van der Waals surface area contributed by atoms with Crippen molar-refractivity contribution < 1.29 is 0 Å². The largest absolute Gasteiger partial charge is 0.316 e. The number of likely N-dealkylation sites (tertiary alicyclic amines) is 1. The highest BCUT2D eigenvalue weighted by Crippen LogP contribution is 2.33. The molecule has 0 unspecified atom stereocenters. The lowest BCUT2D eigenvalue weighted by Crippen LogP contribution is -2.62. The summed E-state index contributed by atoms with van der Waals surface area (Å²) < 4.78 is 0. The van der Waals surface area contributed by atoms with Crippen molar-refractivity contribution in [3.05, 3.63) is 0 Å². The first-order chi connectivity index (χ1) is 13.1. The third kappa shape index (κ3) is 5.08. The fourth-order valence-electron chi connectivity index (χ4n) is 5.55. The maximum atomic E-state index is 3.71. The minimum atomic E-state index is 0.280. The Hall–Kier alpha value is -0.240. The zero-order valence-electron chi connectivity index (χ0n) is 19.4. The lowest BCUT2D eigenvalue weighted by Gasteiger charge is -2.48. The zero-order valence-corrected chi connectivity index (χ0v) is 19.4. The number of piperidine rings is 2. The fourth-order valence-corrected chi connectivity index (χ4v) is 5.55. The summed E-state index contributed by atoms with van der Waals surface area (Å²) in [5.74, 6) is 0. The van der Waals surface area contributed by atoms with Crippen LogP contribution in [0.3, 0.4) is 0 Å². The van der Waals surface area contributed by atoms with E-state index in [0.29, 0.717) is 16.7 Å². The quantitative estimate of drug-likeness (QED) is 0.500. The van der Waals surface area contributed by atoms with Gasteiger partial charge in [0.15, 0.2) is 0 Å². The van der Waals surface area contributed by atoms with Gasteiger partial charge < -0.3 is 5.32 Å².